The fourth-order valence-electron chi connectivity index (χ4n) is 6.12. The molecule has 1 aromatic heterocycles. The molecule has 3 atom stereocenters. The third-order valence-electron chi connectivity index (χ3n) is 8.16. The maximum Gasteiger partial charge on any atom is 0.243 e. The predicted molar refractivity (Wildman–Crippen MR) is 148 cm³/mol. The zero-order valence-corrected chi connectivity index (χ0v) is 23.6. The van der Waals surface area contributed by atoms with Gasteiger partial charge in [0, 0.05) is 24.9 Å². The molecular formula is C29H41N5O6. The number of nitrogens with one attached hydrogen (secondary N) is 2. The van der Waals surface area contributed by atoms with Crippen molar-refractivity contribution in [1.29, 1.82) is 0 Å². The van der Waals surface area contributed by atoms with E-state index in [-0.39, 0.29) is 24.2 Å². The highest BCUT2D eigenvalue weighted by atomic mass is 16.5. The van der Waals surface area contributed by atoms with Crippen molar-refractivity contribution >= 4 is 17.7 Å². The van der Waals surface area contributed by atoms with Crippen LogP contribution in [0, 0.1) is 5.92 Å². The summed E-state index contributed by atoms with van der Waals surface area (Å²) in [5.74, 6) is -0.0210. The number of imidazole rings is 1. The molecule has 4 rings (SSSR count). The second kappa shape index (κ2) is 13.5. The van der Waals surface area contributed by atoms with Gasteiger partial charge in [-0.2, -0.15) is 0 Å². The highest BCUT2D eigenvalue weighted by Crippen LogP contribution is 2.45. The second-order valence-electron chi connectivity index (χ2n) is 10.6. The molecule has 1 saturated heterocycles. The van der Waals surface area contributed by atoms with Gasteiger partial charge in [0.2, 0.25) is 23.5 Å². The number of likely N-dealkylation sites (tertiary alicyclic amines) is 1. The highest BCUT2D eigenvalue weighted by Gasteiger charge is 2.41. The van der Waals surface area contributed by atoms with Gasteiger partial charge in [0.05, 0.1) is 33.6 Å². The minimum Gasteiger partial charge on any atom is -0.493 e. The lowest BCUT2D eigenvalue weighted by Gasteiger charge is -2.40. The number of H-pyrrole nitrogens is 1. The summed E-state index contributed by atoms with van der Waals surface area (Å²) in [6, 6.07) is 2.09. The summed E-state index contributed by atoms with van der Waals surface area (Å²) in [5, 5.41) is 2.81. The smallest absolute Gasteiger partial charge is 0.243 e. The molecule has 11 heteroatoms. The first-order valence-corrected chi connectivity index (χ1v) is 14.0. The first kappa shape index (κ1) is 29.2. The molecule has 2 fully saturated rings. The molecule has 0 spiro atoms. The van der Waals surface area contributed by atoms with Gasteiger partial charge in [-0.25, -0.2) is 4.98 Å². The predicted octanol–water partition coefficient (Wildman–Crippen LogP) is 2.69. The molecular weight excluding hydrogens is 514 g/mol. The lowest BCUT2D eigenvalue weighted by molar-refractivity contribution is -0.145. The van der Waals surface area contributed by atoms with E-state index in [1.165, 1.54) is 6.33 Å². The summed E-state index contributed by atoms with van der Waals surface area (Å²) < 4.78 is 16.7. The van der Waals surface area contributed by atoms with Crippen LogP contribution in [0.4, 0.5) is 0 Å². The Morgan fingerprint density at radius 1 is 1.02 bits per heavy atom. The van der Waals surface area contributed by atoms with Crippen molar-refractivity contribution in [2.24, 2.45) is 11.7 Å². The van der Waals surface area contributed by atoms with E-state index in [4.69, 9.17) is 19.9 Å². The molecule has 4 N–H and O–H groups in total. The number of benzene rings is 1. The van der Waals surface area contributed by atoms with Gasteiger partial charge in [0.1, 0.15) is 12.1 Å². The van der Waals surface area contributed by atoms with Crippen LogP contribution in [0.15, 0.2) is 24.7 Å². The summed E-state index contributed by atoms with van der Waals surface area (Å²) in [4.78, 5) is 48.8. The minimum atomic E-state index is -0.920. The number of methoxy groups -OCH3 is 3. The standard InChI is InChI=1S/C29H41N5O6/c1-38-23-13-19(14-24(39-2)26(23)40-3)25(18-9-5-4-6-10-18)29(37)34-12-8-7-11-22(34)28(36)33-21(27(30)35)15-20-16-31-17-32-20/h13-14,16-18,21-22,25H,4-12,15H2,1-3H3,(H2,30,35)(H,31,32)(H,33,36)/t21-,22-,25?/m0/s1. The van der Waals surface area contributed by atoms with E-state index in [0.717, 1.165) is 50.5 Å². The molecule has 40 heavy (non-hydrogen) atoms. The monoisotopic (exact) mass is 555 g/mol. The van der Waals surface area contributed by atoms with Crippen molar-refractivity contribution < 1.29 is 28.6 Å². The van der Waals surface area contributed by atoms with E-state index in [1.54, 1.807) is 32.4 Å². The normalized spacial score (nSPS) is 19.4. The molecule has 11 nitrogen and oxygen atoms in total. The number of rotatable bonds is 11. The molecule has 1 unspecified atom stereocenters. The molecule has 1 aliphatic heterocycles. The van der Waals surface area contributed by atoms with Gasteiger partial charge in [0.25, 0.3) is 0 Å². The summed E-state index contributed by atoms with van der Waals surface area (Å²) in [5.41, 5.74) is 7.09. The number of carbonyl (C=O) groups excluding carboxylic acids is 3. The third-order valence-corrected chi connectivity index (χ3v) is 8.16. The van der Waals surface area contributed by atoms with E-state index in [1.807, 2.05) is 12.1 Å². The molecule has 2 aromatic rings. The number of nitrogens with two attached hydrogens (primary N) is 1. The van der Waals surface area contributed by atoms with Crippen LogP contribution >= 0.6 is 0 Å². The molecule has 218 valence electrons. The van der Waals surface area contributed by atoms with Crippen molar-refractivity contribution in [3.63, 3.8) is 0 Å². The maximum atomic E-state index is 14.5. The topological polar surface area (TPSA) is 149 Å². The van der Waals surface area contributed by atoms with E-state index in [2.05, 4.69) is 15.3 Å². The summed E-state index contributed by atoms with van der Waals surface area (Å²) >= 11 is 0. The van der Waals surface area contributed by atoms with Gasteiger partial charge in [-0.05, 0) is 55.7 Å². The lowest BCUT2D eigenvalue weighted by Crippen LogP contribution is -2.57. The SMILES string of the molecule is COc1cc(C(C(=O)N2CCCC[C@H]2C(=O)N[C@@H](Cc2cnc[nH]2)C(N)=O)C2CCCCC2)cc(OC)c1OC. The number of hydrogen-bond donors (Lipinski definition) is 3. The van der Waals surface area contributed by atoms with Gasteiger partial charge in [-0.3, -0.25) is 14.4 Å². The summed E-state index contributed by atoms with van der Waals surface area (Å²) in [7, 11) is 4.66. The van der Waals surface area contributed by atoms with Gasteiger partial charge < -0.3 is 35.1 Å². The van der Waals surface area contributed by atoms with Crippen LogP contribution in [0.5, 0.6) is 17.2 Å². The molecule has 1 saturated carbocycles. The van der Waals surface area contributed by atoms with Crippen LogP contribution in [0.1, 0.15) is 68.5 Å². The van der Waals surface area contributed by atoms with Crippen molar-refractivity contribution in [2.75, 3.05) is 27.9 Å². The van der Waals surface area contributed by atoms with Crippen LogP contribution in [-0.4, -0.2) is 72.5 Å². The number of amides is 3. The Morgan fingerprint density at radius 2 is 1.70 bits per heavy atom. The van der Waals surface area contributed by atoms with Gasteiger partial charge in [0.15, 0.2) is 11.5 Å². The summed E-state index contributed by atoms with van der Waals surface area (Å²) in [6.07, 6.45) is 10.5. The third kappa shape index (κ3) is 6.51. The number of ether oxygens (including phenoxy) is 3. The van der Waals surface area contributed by atoms with Crippen LogP contribution < -0.4 is 25.3 Å². The van der Waals surface area contributed by atoms with Crippen LogP contribution in [0.2, 0.25) is 0 Å². The maximum absolute atomic E-state index is 14.5. The number of carbonyl (C=O) groups is 3. The van der Waals surface area contributed by atoms with E-state index in [9.17, 15) is 14.4 Å². The number of aromatic amines is 1. The number of piperidine rings is 1. The quantitative estimate of drug-likeness (QED) is 0.386. The van der Waals surface area contributed by atoms with Crippen molar-refractivity contribution in [2.45, 2.75) is 75.8 Å². The number of nitrogens with zero attached hydrogens (tertiary/aromatic N) is 2. The van der Waals surface area contributed by atoms with Gasteiger partial charge >= 0.3 is 0 Å². The number of primary amides is 1. The lowest BCUT2D eigenvalue weighted by atomic mass is 9.75. The Labute approximate surface area is 235 Å². The van der Waals surface area contributed by atoms with Crippen LogP contribution in [0.25, 0.3) is 0 Å². The van der Waals surface area contributed by atoms with Gasteiger partial charge in [-0.15, -0.1) is 0 Å². The van der Waals surface area contributed by atoms with Crippen molar-refractivity contribution in [3.05, 3.63) is 35.9 Å². The number of hydrogen-bond acceptors (Lipinski definition) is 7. The largest absolute Gasteiger partial charge is 0.493 e. The average Bonchev–Trinajstić information content (AvgIpc) is 3.50. The van der Waals surface area contributed by atoms with Crippen LogP contribution in [0.3, 0.4) is 0 Å². The molecule has 2 aliphatic rings. The number of aromatic nitrogens is 2. The Balaban J connectivity index is 1.64. The minimum absolute atomic E-state index is 0.0924. The average molecular weight is 556 g/mol. The summed E-state index contributed by atoms with van der Waals surface area (Å²) in [6.45, 7) is 0.465. The van der Waals surface area contributed by atoms with Crippen molar-refractivity contribution in [3.8, 4) is 17.2 Å². The fourth-order valence-corrected chi connectivity index (χ4v) is 6.12. The van der Waals surface area contributed by atoms with E-state index >= 15 is 0 Å². The van der Waals surface area contributed by atoms with E-state index in [0.29, 0.717) is 35.9 Å². The molecule has 2 heterocycles. The van der Waals surface area contributed by atoms with Crippen LogP contribution in [-0.2, 0) is 20.8 Å². The second-order valence-corrected chi connectivity index (χ2v) is 10.6. The van der Waals surface area contributed by atoms with Gasteiger partial charge in [-0.1, -0.05) is 19.3 Å². The fraction of sp³-hybridized carbons (Fsp3) is 0.586. The first-order valence-electron chi connectivity index (χ1n) is 14.0. The van der Waals surface area contributed by atoms with E-state index < -0.39 is 23.9 Å². The molecule has 3 amide bonds. The Bertz CT molecular complexity index is 1140. The Hall–Kier alpha value is -3.76. The zero-order chi connectivity index (χ0) is 28.6. The van der Waals surface area contributed by atoms with Crippen molar-refractivity contribution in [1.82, 2.24) is 20.2 Å². The Morgan fingerprint density at radius 3 is 2.27 bits per heavy atom. The molecule has 0 bridgehead atoms. The Kier molecular flexibility index (Phi) is 9.89. The highest BCUT2D eigenvalue weighted by molar-refractivity contribution is 5.93. The molecule has 0 radical (unpaired) electrons. The zero-order valence-electron chi connectivity index (χ0n) is 23.6. The first-order chi connectivity index (χ1) is 19.4. The molecule has 1 aliphatic carbocycles. The molecule has 1 aromatic carbocycles.